The third kappa shape index (κ3) is 6.43. The molecule has 2 saturated heterocycles. The normalized spacial score (nSPS) is 14.5. The second kappa shape index (κ2) is 13.1. The molecular weight excluding hydrogens is 612 g/mol. The smallest absolute Gasteiger partial charge is 0.267 e. The molecule has 2 fully saturated rings. The Hall–Kier alpha value is -4.68. The fourth-order valence-corrected chi connectivity index (χ4v) is 6.23. The summed E-state index contributed by atoms with van der Waals surface area (Å²) in [5.41, 5.74) is 4.07. The number of rotatable bonds is 9. The standard InChI is InChI=1S/C32H33ClN8O3S/c1-4-27(42)40-13-15-41(16-14-40)30-24(39-11-6-12-39)17-21(18-34-30)23-9-10-25(44-3)29(36-23)38-32-35-19-26(45-32)31(43)37-28-20(2)7-5-8-22(28)33/h4-5,7-10,17-19H,1,6,11-16H2,2-3H3,(H,37,43)(H,35,36,38). The van der Waals surface area contributed by atoms with Crippen molar-refractivity contribution in [3.63, 3.8) is 0 Å². The maximum Gasteiger partial charge on any atom is 0.267 e. The van der Waals surface area contributed by atoms with Gasteiger partial charge >= 0.3 is 0 Å². The van der Waals surface area contributed by atoms with E-state index in [2.05, 4.69) is 38.1 Å². The van der Waals surface area contributed by atoms with E-state index in [4.69, 9.17) is 26.3 Å². The summed E-state index contributed by atoms with van der Waals surface area (Å²) >= 11 is 7.49. The molecule has 0 aliphatic carbocycles. The maximum atomic E-state index is 13.0. The van der Waals surface area contributed by atoms with Crippen LogP contribution in [0, 0.1) is 6.92 Å². The maximum absolute atomic E-state index is 13.0. The number of amides is 2. The number of pyridine rings is 2. The number of halogens is 1. The molecule has 4 aromatic rings. The molecule has 0 bridgehead atoms. The highest BCUT2D eigenvalue weighted by Crippen LogP contribution is 2.37. The summed E-state index contributed by atoms with van der Waals surface area (Å²) in [5, 5.41) is 7.07. The molecule has 45 heavy (non-hydrogen) atoms. The van der Waals surface area contributed by atoms with E-state index in [0.717, 1.165) is 42.1 Å². The van der Waals surface area contributed by atoms with Gasteiger partial charge in [-0.05, 0) is 49.2 Å². The first-order valence-corrected chi connectivity index (χ1v) is 15.8. The third-order valence-electron chi connectivity index (χ3n) is 7.90. The minimum Gasteiger partial charge on any atom is -0.493 e. The van der Waals surface area contributed by atoms with Gasteiger partial charge in [0, 0.05) is 51.0 Å². The number of methoxy groups -OCH3 is 1. The Balaban J connectivity index is 1.22. The number of piperazine rings is 1. The van der Waals surface area contributed by atoms with Gasteiger partial charge in [0.2, 0.25) is 5.91 Å². The van der Waals surface area contributed by atoms with Crippen LogP contribution in [0.3, 0.4) is 0 Å². The highest BCUT2D eigenvalue weighted by molar-refractivity contribution is 7.17. The van der Waals surface area contributed by atoms with Crippen molar-refractivity contribution in [1.29, 1.82) is 0 Å². The number of ether oxygens (including phenoxy) is 1. The zero-order chi connectivity index (χ0) is 31.5. The summed E-state index contributed by atoms with van der Waals surface area (Å²) in [6.45, 7) is 10.1. The van der Waals surface area contributed by atoms with Gasteiger partial charge in [0.25, 0.3) is 5.91 Å². The van der Waals surface area contributed by atoms with Crippen LogP contribution in [-0.2, 0) is 4.79 Å². The van der Waals surface area contributed by atoms with Crippen LogP contribution in [0.5, 0.6) is 5.75 Å². The molecule has 0 unspecified atom stereocenters. The van der Waals surface area contributed by atoms with E-state index in [1.54, 1.807) is 13.2 Å². The van der Waals surface area contributed by atoms with Crippen LogP contribution >= 0.6 is 22.9 Å². The largest absolute Gasteiger partial charge is 0.493 e. The highest BCUT2D eigenvalue weighted by Gasteiger charge is 2.27. The number of hydrogen-bond acceptors (Lipinski definition) is 10. The van der Waals surface area contributed by atoms with Gasteiger partial charge in [-0.25, -0.2) is 15.0 Å². The number of carbonyl (C=O) groups excluding carboxylic acids is 2. The Morgan fingerprint density at radius 2 is 1.84 bits per heavy atom. The monoisotopic (exact) mass is 644 g/mol. The van der Waals surface area contributed by atoms with Crippen LogP contribution in [-0.4, -0.2) is 78.0 Å². The Labute approximate surface area is 270 Å². The summed E-state index contributed by atoms with van der Waals surface area (Å²) in [4.78, 5) is 46.0. The van der Waals surface area contributed by atoms with E-state index in [0.29, 0.717) is 64.2 Å². The average Bonchev–Trinajstić information content (AvgIpc) is 3.50. The number of nitrogens with one attached hydrogen (secondary N) is 2. The lowest BCUT2D eigenvalue weighted by Crippen LogP contribution is -2.49. The Bertz CT molecular complexity index is 1730. The fraction of sp³-hybridized carbons (Fsp3) is 0.281. The van der Waals surface area contributed by atoms with Gasteiger partial charge in [0.15, 0.2) is 22.5 Å². The number of aryl methyl sites for hydroxylation is 1. The topological polar surface area (TPSA) is 116 Å². The van der Waals surface area contributed by atoms with E-state index in [9.17, 15) is 9.59 Å². The Morgan fingerprint density at radius 3 is 2.53 bits per heavy atom. The number of anilines is 5. The Morgan fingerprint density at radius 1 is 1.04 bits per heavy atom. The number of benzene rings is 1. The molecule has 5 heterocycles. The predicted molar refractivity (Wildman–Crippen MR) is 179 cm³/mol. The lowest BCUT2D eigenvalue weighted by molar-refractivity contribution is -0.126. The van der Waals surface area contributed by atoms with E-state index >= 15 is 0 Å². The van der Waals surface area contributed by atoms with Gasteiger partial charge in [-0.15, -0.1) is 0 Å². The van der Waals surface area contributed by atoms with Crippen LogP contribution in [0.4, 0.5) is 28.1 Å². The average molecular weight is 645 g/mol. The molecule has 6 rings (SSSR count). The van der Waals surface area contributed by atoms with Crippen molar-refractivity contribution in [3.05, 3.63) is 76.9 Å². The third-order valence-corrected chi connectivity index (χ3v) is 9.13. The van der Waals surface area contributed by atoms with Crippen LogP contribution in [0.1, 0.15) is 21.7 Å². The predicted octanol–water partition coefficient (Wildman–Crippen LogP) is 5.61. The molecule has 0 saturated carbocycles. The summed E-state index contributed by atoms with van der Waals surface area (Å²) < 4.78 is 5.58. The van der Waals surface area contributed by atoms with E-state index < -0.39 is 0 Å². The van der Waals surface area contributed by atoms with Gasteiger partial charge in [-0.1, -0.05) is 41.6 Å². The molecule has 0 atom stereocenters. The van der Waals surface area contributed by atoms with Crippen molar-refractivity contribution in [3.8, 4) is 17.0 Å². The molecule has 232 valence electrons. The first-order valence-electron chi connectivity index (χ1n) is 14.6. The second-order valence-electron chi connectivity index (χ2n) is 10.7. The number of nitrogens with zero attached hydrogens (tertiary/aromatic N) is 6. The number of carbonyl (C=O) groups is 2. The zero-order valence-corrected chi connectivity index (χ0v) is 26.6. The summed E-state index contributed by atoms with van der Waals surface area (Å²) in [5.74, 6) is 1.57. The van der Waals surface area contributed by atoms with E-state index in [1.807, 2.05) is 42.3 Å². The molecule has 0 radical (unpaired) electrons. The molecule has 1 aromatic carbocycles. The lowest BCUT2D eigenvalue weighted by atomic mass is 10.1. The van der Waals surface area contributed by atoms with Gasteiger partial charge in [0.05, 0.1) is 35.4 Å². The first kappa shape index (κ1) is 30.4. The molecule has 3 aromatic heterocycles. The van der Waals surface area contributed by atoms with Gasteiger partial charge < -0.3 is 30.1 Å². The highest BCUT2D eigenvalue weighted by atomic mass is 35.5. The molecule has 0 spiro atoms. The number of hydrogen-bond donors (Lipinski definition) is 2. The van der Waals surface area contributed by atoms with Crippen LogP contribution < -0.4 is 25.2 Å². The van der Waals surface area contributed by atoms with Crippen molar-refractivity contribution in [2.24, 2.45) is 0 Å². The quantitative estimate of drug-likeness (QED) is 0.224. The van der Waals surface area contributed by atoms with Crippen LogP contribution in [0.15, 0.2) is 61.4 Å². The lowest BCUT2D eigenvalue weighted by Gasteiger charge is -2.40. The van der Waals surface area contributed by atoms with Crippen LogP contribution in [0.2, 0.25) is 5.02 Å². The molecule has 2 amide bonds. The summed E-state index contributed by atoms with van der Waals surface area (Å²) in [6.07, 6.45) is 5.85. The molecular formula is C32H33ClN8O3S. The van der Waals surface area contributed by atoms with Crippen molar-refractivity contribution >= 4 is 62.9 Å². The Kier molecular flexibility index (Phi) is 8.85. The van der Waals surface area contributed by atoms with Crippen molar-refractivity contribution in [2.45, 2.75) is 13.3 Å². The van der Waals surface area contributed by atoms with E-state index in [-0.39, 0.29) is 11.8 Å². The molecule has 2 N–H and O–H groups in total. The molecule has 13 heteroatoms. The zero-order valence-electron chi connectivity index (χ0n) is 25.0. The molecule has 2 aliphatic heterocycles. The van der Waals surface area contributed by atoms with Gasteiger partial charge in [-0.3, -0.25) is 9.59 Å². The second-order valence-corrected chi connectivity index (χ2v) is 12.1. The molecule has 11 nitrogen and oxygen atoms in total. The first-order chi connectivity index (χ1) is 21.8. The number of aromatic nitrogens is 3. The summed E-state index contributed by atoms with van der Waals surface area (Å²) in [7, 11) is 1.58. The molecule has 2 aliphatic rings. The minimum atomic E-state index is -0.302. The number of para-hydroxylation sites is 1. The van der Waals surface area contributed by atoms with E-state index in [1.165, 1.54) is 23.6 Å². The number of thiazole rings is 1. The van der Waals surface area contributed by atoms with Crippen LogP contribution in [0.25, 0.3) is 11.3 Å². The minimum absolute atomic E-state index is 0.0414. The van der Waals surface area contributed by atoms with Crippen molar-refractivity contribution < 1.29 is 14.3 Å². The van der Waals surface area contributed by atoms with Gasteiger partial charge in [-0.2, -0.15) is 0 Å². The van der Waals surface area contributed by atoms with Crippen molar-refractivity contribution in [1.82, 2.24) is 19.9 Å². The summed E-state index contributed by atoms with van der Waals surface area (Å²) in [6, 6.07) is 11.3. The SMILES string of the molecule is C=CC(=O)N1CCN(c2ncc(-c3ccc(OC)c(Nc4ncc(C(=O)Nc5c(C)cccc5Cl)s4)n3)cc2N2CCC2)CC1. The fourth-order valence-electron chi connectivity index (χ4n) is 5.25. The van der Waals surface area contributed by atoms with Gasteiger partial charge in [0.1, 0.15) is 4.88 Å². The van der Waals surface area contributed by atoms with Crippen molar-refractivity contribution in [2.75, 3.05) is 66.8 Å².